The van der Waals surface area contributed by atoms with Crippen LogP contribution in [0.3, 0.4) is 0 Å². The maximum absolute atomic E-state index is 6.07. The summed E-state index contributed by atoms with van der Waals surface area (Å²) in [5.41, 5.74) is 11.2. The number of aromatic amines is 1. The first-order valence-electron chi connectivity index (χ1n) is 8.37. The maximum atomic E-state index is 6.07. The van der Waals surface area contributed by atoms with E-state index in [-0.39, 0.29) is 6.04 Å². The summed E-state index contributed by atoms with van der Waals surface area (Å²) in [6, 6.07) is 19.2. The molecule has 1 aliphatic rings. The third kappa shape index (κ3) is 2.38. The lowest BCUT2D eigenvalue weighted by Crippen LogP contribution is -2.44. The van der Waals surface area contributed by atoms with Crippen LogP contribution >= 0.6 is 12.2 Å². The predicted molar refractivity (Wildman–Crippen MR) is 103 cm³/mol. The number of nitrogens with one attached hydrogen (secondary N) is 1. The van der Waals surface area contributed by atoms with Gasteiger partial charge < -0.3 is 15.6 Å². The zero-order valence-corrected chi connectivity index (χ0v) is 14.5. The molecule has 0 spiro atoms. The van der Waals surface area contributed by atoms with Crippen LogP contribution < -0.4 is 5.73 Å². The van der Waals surface area contributed by atoms with Crippen LogP contribution in [0.4, 0.5) is 0 Å². The molecule has 4 heteroatoms. The van der Waals surface area contributed by atoms with Crippen LogP contribution in [-0.2, 0) is 6.42 Å². The van der Waals surface area contributed by atoms with E-state index in [1.54, 1.807) is 0 Å². The standard InChI is InChI=1S/C20H21N3S/c1-13(14-7-3-2-4-8-14)19-18-16(11-12-23(19)20(21)24)15-9-5-6-10-17(15)22-18/h2-10,13,19,22H,11-12H2,1H3,(H2,21,24)/t13-,19?/m0/s1. The minimum absolute atomic E-state index is 0.140. The molecule has 0 bridgehead atoms. The van der Waals surface area contributed by atoms with E-state index in [1.807, 2.05) is 0 Å². The highest BCUT2D eigenvalue weighted by Crippen LogP contribution is 2.42. The van der Waals surface area contributed by atoms with Gasteiger partial charge >= 0.3 is 0 Å². The Kier molecular flexibility index (Phi) is 3.77. The summed E-state index contributed by atoms with van der Waals surface area (Å²) in [5, 5.41) is 1.80. The van der Waals surface area contributed by atoms with Gasteiger partial charge in [0.05, 0.1) is 6.04 Å². The van der Waals surface area contributed by atoms with Gasteiger partial charge in [-0.15, -0.1) is 0 Å². The van der Waals surface area contributed by atoms with Gasteiger partial charge in [-0.05, 0) is 35.8 Å². The van der Waals surface area contributed by atoms with Crippen molar-refractivity contribution >= 4 is 28.2 Å². The van der Waals surface area contributed by atoms with Crippen molar-refractivity contribution < 1.29 is 0 Å². The van der Waals surface area contributed by atoms with Gasteiger partial charge in [0.25, 0.3) is 0 Å². The molecule has 122 valence electrons. The molecule has 2 atom stereocenters. The molecular weight excluding hydrogens is 314 g/mol. The first kappa shape index (κ1) is 15.2. The summed E-state index contributed by atoms with van der Waals surface area (Å²) in [6.07, 6.45) is 0.967. The van der Waals surface area contributed by atoms with Crippen molar-refractivity contribution in [2.75, 3.05) is 6.54 Å². The van der Waals surface area contributed by atoms with Gasteiger partial charge in [-0.3, -0.25) is 0 Å². The van der Waals surface area contributed by atoms with Crippen LogP contribution in [0.25, 0.3) is 10.9 Å². The Labute approximate surface area is 147 Å². The molecular formula is C20H21N3S. The van der Waals surface area contributed by atoms with E-state index in [0.717, 1.165) is 13.0 Å². The van der Waals surface area contributed by atoms with Gasteiger partial charge in [0.15, 0.2) is 5.11 Å². The zero-order valence-electron chi connectivity index (χ0n) is 13.7. The fourth-order valence-electron chi connectivity index (χ4n) is 3.98. The van der Waals surface area contributed by atoms with Crippen LogP contribution in [0.15, 0.2) is 54.6 Å². The molecule has 2 aromatic carbocycles. The number of rotatable bonds is 2. The van der Waals surface area contributed by atoms with Crippen molar-refractivity contribution in [2.45, 2.75) is 25.3 Å². The number of thiocarbonyl (C=S) groups is 1. The van der Waals surface area contributed by atoms with Crippen molar-refractivity contribution in [3.05, 3.63) is 71.4 Å². The van der Waals surface area contributed by atoms with Crippen LogP contribution in [0.1, 0.15) is 35.7 Å². The lowest BCUT2D eigenvalue weighted by atomic mass is 9.85. The third-order valence-electron chi connectivity index (χ3n) is 5.16. The minimum Gasteiger partial charge on any atom is -0.376 e. The van der Waals surface area contributed by atoms with E-state index in [1.165, 1.54) is 27.7 Å². The highest BCUT2D eigenvalue weighted by atomic mass is 32.1. The molecule has 0 fully saturated rings. The summed E-state index contributed by atoms with van der Waals surface area (Å²) in [6.45, 7) is 3.12. The Morgan fingerprint density at radius 2 is 1.88 bits per heavy atom. The smallest absolute Gasteiger partial charge is 0.166 e. The number of hydrogen-bond donors (Lipinski definition) is 2. The number of hydrogen-bond acceptors (Lipinski definition) is 1. The Balaban J connectivity index is 1.87. The summed E-state index contributed by atoms with van der Waals surface area (Å²) in [5.74, 6) is 0.291. The van der Waals surface area contributed by atoms with E-state index >= 15 is 0 Å². The molecule has 3 aromatic rings. The average Bonchev–Trinajstić information content (AvgIpc) is 2.99. The average molecular weight is 335 g/mol. The minimum atomic E-state index is 0.140. The zero-order chi connectivity index (χ0) is 16.7. The second kappa shape index (κ2) is 5.95. The highest BCUT2D eigenvalue weighted by Gasteiger charge is 2.35. The Hall–Kier alpha value is -2.33. The largest absolute Gasteiger partial charge is 0.376 e. The van der Waals surface area contributed by atoms with Gasteiger partial charge in [0.1, 0.15) is 0 Å². The number of aromatic nitrogens is 1. The van der Waals surface area contributed by atoms with Crippen LogP contribution in [-0.4, -0.2) is 21.5 Å². The normalized spacial score (nSPS) is 18.4. The molecule has 4 rings (SSSR count). The Morgan fingerprint density at radius 3 is 2.62 bits per heavy atom. The van der Waals surface area contributed by atoms with Gasteiger partial charge in [-0.1, -0.05) is 55.5 Å². The molecule has 3 nitrogen and oxygen atoms in total. The summed E-state index contributed by atoms with van der Waals surface area (Å²) in [7, 11) is 0. The Morgan fingerprint density at radius 1 is 1.17 bits per heavy atom. The topological polar surface area (TPSA) is 45.0 Å². The van der Waals surface area contributed by atoms with Crippen molar-refractivity contribution in [1.82, 2.24) is 9.88 Å². The number of nitrogens with two attached hydrogens (primary N) is 1. The second-order valence-corrected chi connectivity index (χ2v) is 6.91. The lowest BCUT2D eigenvalue weighted by Gasteiger charge is -2.40. The van der Waals surface area contributed by atoms with Crippen LogP contribution in [0.5, 0.6) is 0 Å². The number of benzene rings is 2. The molecule has 3 N–H and O–H groups in total. The maximum Gasteiger partial charge on any atom is 0.166 e. The van der Waals surface area contributed by atoms with Crippen LogP contribution in [0, 0.1) is 0 Å². The number of para-hydroxylation sites is 1. The molecule has 0 saturated carbocycles. The molecule has 24 heavy (non-hydrogen) atoms. The van der Waals surface area contributed by atoms with E-state index in [2.05, 4.69) is 71.4 Å². The Bertz CT molecular complexity index is 884. The summed E-state index contributed by atoms with van der Waals surface area (Å²) in [4.78, 5) is 5.82. The van der Waals surface area contributed by atoms with Gasteiger partial charge in [0.2, 0.25) is 0 Å². The van der Waals surface area contributed by atoms with Gasteiger partial charge in [0, 0.05) is 29.1 Å². The van der Waals surface area contributed by atoms with Crippen LogP contribution in [0.2, 0.25) is 0 Å². The van der Waals surface area contributed by atoms with Crippen molar-refractivity contribution in [1.29, 1.82) is 0 Å². The molecule has 1 aliphatic heterocycles. The van der Waals surface area contributed by atoms with Crippen molar-refractivity contribution in [3.8, 4) is 0 Å². The molecule has 2 heterocycles. The summed E-state index contributed by atoms with van der Waals surface area (Å²) < 4.78 is 0. The quantitative estimate of drug-likeness (QED) is 0.693. The number of H-pyrrole nitrogens is 1. The second-order valence-electron chi connectivity index (χ2n) is 6.49. The van der Waals surface area contributed by atoms with Gasteiger partial charge in [-0.2, -0.15) is 0 Å². The molecule has 0 radical (unpaired) electrons. The van der Waals surface area contributed by atoms with E-state index in [0.29, 0.717) is 11.0 Å². The van der Waals surface area contributed by atoms with E-state index in [4.69, 9.17) is 18.0 Å². The predicted octanol–water partition coefficient (Wildman–Crippen LogP) is 4.11. The monoisotopic (exact) mass is 335 g/mol. The van der Waals surface area contributed by atoms with Gasteiger partial charge in [-0.25, -0.2) is 0 Å². The number of fused-ring (bicyclic) bond motifs is 3. The van der Waals surface area contributed by atoms with Crippen molar-refractivity contribution in [3.63, 3.8) is 0 Å². The third-order valence-corrected chi connectivity index (χ3v) is 5.40. The molecule has 1 unspecified atom stereocenters. The fourth-order valence-corrected chi connectivity index (χ4v) is 4.18. The molecule has 1 aromatic heterocycles. The van der Waals surface area contributed by atoms with E-state index < -0.39 is 0 Å². The number of nitrogens with zero attached hydrogens (tertiary/aromatic N) is 1. The first-order valence-corrected chi connectivity index (χ1v) is 8.78. The lowest BCUT2D eigenvalue weighted by molar-refractivity contribution is 0.264. The summed E-state index contributed by atoms with van der Waals surface area (Å²) >= 11 is 5.36. The van der Waals surface area contributed by atoms with E-state index in [9.17, 15) is 0 Å². The molecule has 0 saturated heterocycles. The fraction of sp³-hybridized carbons (Fsp3) is 0.250. The van der Waals surface area contributed by atoms with Crippen molar-refractivity contribution in [2.24, 2.45) is 5.73 Å². The highest BCUT2D eigenvalue weighted by molar-refractivity contribution is 7.80. The molecule has 0 aliphatic carbocycles. The molecule has 0 amide bonds. The first-order chi connectivity index (χ1) is 11.7. The SMILES string of the molecule is C[C@@H](c1ccccc1)C1c2[nH]c3ccccc3c2CCN1C(N)=S.